The summed E-state index contributed by atoms with van der Waals surface area (Å²) in [6, 6.07) is 18.9. The molecule has 3 heterocycles. The van der Waals surface area contributed by atoms with E-state index in [1.807, 2.05) is 35.0 Å². The second-order valence-electron chi connectivity index (χ2n) is 8.88. The molecule has 1 aliphatic carbocycles. The monoisotopic (exact) mass is 472 g/mol. The molecule has 2 aliphatic rings. The van der Waals surface area contributed by atoms with E-state index in [1.165, 1.54) is 31.2 Å². The van der Waals surface area contributed by atoms with Gasteiger partial charge in [-0.2, -0.15) is 5.10 Å². The smallest absolute Gasteiger partial charge is 0.228 e. The van der Waals surface area contributed by atoms with Crippen molar-refractivity contribution in [1.82, 2.24) is 24.5 Å². The molecular formula is C26H28N6OS. The average Bonchev–Trinajstić information content (AvgIpc) is 3.27. The number of thioether (sulfide) groups is 1. The van der Waals surface area contributed by atoms with Crippen molar-refractivity contribution in [3.63, 3.8) is 0 Å². The van der Waals surface area contributed by atoms with Gasteiger partial charge in [0.05, 0.1) is 18.5 Å². The number of ether oxygens (including phenoxy) is 1. The summed E-state index contributed by atoms with van der Waals surface area (Å²) >= 11 is 1.76. The maximum Gasteiger partial charge on any atom is 0.228 e. The molecule has 2 aromatic carbocycles. The highest BCUT2D eigenvalue weighted by atomic mass is 32.2. The minimum atomic E-state index is 0.543. The summed E-state index contributed by atoms with van der Waals surface area (Å²) in [4.78, 5) is 2.39. The Morgan fingerprint density at radius 3 is 2.44 bits per heavy atom. The molecule has 7 nitrogen and oxygen atoms in total. The van der Waals surface area contributed by atoms with Crippen LogP contribution < -0.4 is 9.64 Å². The number of benzene rings is 2. The van der Waals surface area contributed by atoms with E-state index in [0.29, 0.717) is 6.04 Å². The predicted molar refractivity (Wildman–Crippen MR) is 135 cm³/mol. The summed E-state index contributed by atoms with van der Waals surface area (Å²) in [6.45, 7) is 2.17. The zero-order chi connectivity index (χ0) is 22.9. The van der Waals surface area contributed by atoms with Gasteiger partial charge in [-0.15, -0.1) is 10.2 Å². The molecule has 8 heteroatoms. The average molecular weight is 473 g/mol. The van der Waals surface area contributed by atoms with E-state index in [-0.39, 0.29) is 0 Å². The van der Waals surface area contributed by atoms with Crippen molar-refractivity contribution in [2.45, 2.75) is 42.6 Å². The van der Waals surface area contributed by atoms with E-state index in [0.717, 1.165) is 52.6 Å². The van der Waals surface area contributed by atoms with Gasteiger partial charge in [0.2, 0.25) is 5.95 Å². The lowest BCUT2D eigenvalue weighted by molar-refractivity contribution is 0.415. The Morgan fingerprint density at radius 1 is 0.971 bits per heavy atom. The first-order valence-electron chi connectivity index (χ1n) is 11.9. The summed E-state index contributed by atoms with van der Waals surface area (Å²) in [5.74, 6) is 2.67. The van der Waals surface area contributed by atoms with Crippen LogP contribution in [0.4, 0.5) is 5.95 Å². The normalized spacial score (nSPS) is 15.7. The number of rotatable bonds is 8. The van der Waals surface area contributed by atoms with Gasteiger partial charge < -0.3 is 9.64 Å². The van der Waals surface area contributed by atoms with Gasteiger partial charge in [0, 0.05) is 42.2 Å². The molecule has 0 unspecified atom stereocenters. The van der Waals surface area contributed by atoms with E-state index < -0.39 is 0 Å². The first kappa shape index (κ1) is 21.3. The molecule has 0 amide bonds. The zero-order valence-electron chi connectivity index (χ0n) is 19.3. The third kappa shape index (κ3) is 4.18. The Morgan fingerprint density at radius 2 is 1.74 bits per heavy atom. The molecule has 0 atom stereocenters. The summed E-state index contributed by atoms with van der Waals surface area (Å²) in [5, 5.41) is 15.2. The molecule has 0 spiro atoms. The van der Waals surface area contributed by atoms with E-state index in [1.54, 1.807) is 18.9 Å². The van der Waals surface area contributed by atoms with Gasteiger partial charge in [-0.1, -0.05) is 30.0 Å². The van der Waals surface area contributed by atoms with Crippen LogP contribution in [0.3, 0.4) is 0 Å². The van der Waals surface area contributed by atoms with Crippen LogP contribution in [0.1, 0.15) is 37.3 Å². The largest absolute Gasteiger partial charge is 0.497 e. The first-order valence-corrected chi connectivity index (χ1v) is 12.9. The summed E-state index contributed by atoms with van der Waals surface area (Å²) in [7, 11) is 1.69. The number of aromatic nitrogens is 5. The predicted octanol–water partition coefficient (Wildman–Crippen LogP) is 5.37. The molecular weight excluding hydrogens is 444 g/mol. The minimum Gasteiger partial charge on any atom is -0.497 e. The number of nitrogens with zero attached hydrogens (tertiary/aromatic N) is 6. The van der Waals surface area contributed by atoms with Crippen LogP contribution in [0.15, 0.2) is 66.0 Å². The fourth-order valence-corrected chi connectivity index (χ4v) is 5.48. The fraction of sp³-hybridized carbons (Fsp3) is 0.346. The summed E-state index contributed by atoms with van der Waals surface area (Å²) in [6.07, 6.45) is 7.06. The lowest BCUT2D eigenvalue weighted by atomic mass is 10.1. The second-order valence-corrected chi connectivity index (χ2v) is 9.82. The third-order valence-corrected chi connectivity index (χ3v) is 7.47. The van der Waals surface area contributed by atoms with Crippen molar-refractivity contribution in [2.24, 2.45) is 0 Å². The van der Waals surface area contributed by atoms with Crippen molar-refractivity contribution in [3.05, 3.63) is 66.4 Å². The van der Waals surface area contributed by atoms with Gasteiger partial charge in [-0.25, -0.2) is 4.68 Å². The van der Waals surface area contributed by atoms with Gasteiger partial charge in [0.1, 0.15) is 5.75 Å². The maximum atomic E-state index is 5.35. The van der Waals surface area contributed by atoms with E-state index in [2.05, 4.69) is 50.1 Å². The number of anilines is 1. The molecule has 1 saturated heterocycles. The zero-order valence-corrected chi connectivity index (χ0v) is 20.1. The van der Waals surface area contributed by atoms with Crippen LogP contribution in [0.25, 0.3) is 16.9 Å². The molecule has 0 N–H and O–H groups in total. The maximum absolute atomic E-state index is 5.35. The highest BCUT2D eigenvalue weighted by Crippen LogP contribution is 2.42. The molecule has 6 rings (SSSR count). The highest BCUT2D eigenvalue weighted by Gasteiger charge is 2.32. The molecule has 34 heavy (non-hydrogen) atoms. The van der Waals surface area contributed by atoms with Crippen LogP contribution >= 0.6 is 11.8 Å². The number of hydrogen-bond donors (Lipinski definition) is 0. The molecule has 4 aromatic rings. The molecule has 2 fully saturated rings. The molecule has 1 aliphatic heterocycles. The Balaban J connectivity index is 1.32. The van der Waals surface area contributed by atoms with Gasteiger partial charge >= 0.3 is 0 Å². The number of methoxy groups -OCH3 is 1. The standard InChI is InChI=1S/C26H28N6OS/c1-33-23-13-9-19(10-14-23)24-20(17-31(29-24)21-7-3-2-4-8-21)18-34-26-28-27-25(30-15-5-6-16-30)32(26)22-11-12-22/h2-4,7-10,13-14,17,22H,5-6,11-12,15-16,18H2,1H3. The van der Waals surface area contributed by atoms with Crippen LogP contribution in [-0.2, 0) is 5.75 Å². The van der Waals surface area contributed by atoms with E-state index in [9.17, 15) is 0 Å². The van der Waals surface area contributed by atoms with Crippen LogP contribution in [0.2, 0.25) is 0 Å². The van der Waals surface area contributed by atoms with Crippen LogP contribution in [0.5, 0.6) is 5.75 Å². The Hall–Kier alpha value is -3.26. The minimum absolute atomic E-state index is 0.543. The number of hydrogen-bond acceptors (Lipinski definition) is 6. The third-order valence-electron chi connectivity index (χ3n) is 6.48. The first-order chi connectivity index (χ1) is 16.8. The molecule has 0 radical (unpaired) electrons. The van der Waals surface area contributed by atoms with E-state index >= 15 is 0 Å². The highest BCUT2D eigenvalue weighted by molar-refractivity contribution is 7.98. The Bertz CT molecular complexity index is 1260. The molecule has 2 aromatic heterocycles. The van der Waals surface area contributed by atoms with Crippen molar-refractivity contribution in [1.29, 1.82) is 0 Å². The van der Waals surface area contributed by atoms with E-state index in [4.69, 9.17) is 9.84 Å². The van der Waals surface area contributed by atoms with Gasteiger partial charge in [-0.05, 0) is 62.1 Å². The van der Waals surface area contributed by atoms with Crippen molar-refractivity contribution < 1.29 is 4.74 Å². The summed E-state index contributed by atoms with van der Waals surface area (Å²) < 4.78 is 9.70. The topological polar surface area (TPSA) is 61.0 Å². The number of para-hydroxylation sites is 1. The van der Waals surface area contributed by atoms with Gasteiger partial charge in [0.15, 0.2) is 5.16 Å². The molecule has 1 saturated carbocycles. The Labute approximate surface area is 203 Å². The van der Waals surface area contributed by atoms with Crippen molar-refractivity contribution >= 4 is 17.7 Å². The summed E-state index contributed by atoms with van der Waals surface area (Å²) in [5.41, 5.74) is 4.28. The SMILES string of the molecule is COc1ccc(-c2nn(-c3ccccc3)cc2CSc2nnc(N3CCCC3)n2C2CC2)cc1. The van der Waals surface area contributed by atoms with Crippen LogP contribution in [-0.4, -0.2) is 44.7 Å². The molecule has 0 bridgehead atoms. The van der Waals surface area contributed by atoms with Gasteiger partial charge in [-0.3, -0.25) is 4.57 Å². The van der Waals surface area contributed by atoms with Gasteiger partial charge in [0.25, 0.3) is 0 Å². The quantitative estimate of drug-likeness (QED) is 0.322. The van der Waals surface area contributed by atoms with Crippen molar-refractivity contribution in [2.75, 3.05) is 25.1 Å². The van der Waals surface area contributed by atoms with Crippen LogP contribution in [0, 0.1) is 0 Å². The fourth-order valence-electron chi connectivity index (χ4n) is 4.52. The Kier molecular flexibility index (Phi) is 5.74. The molecule has 174 valence electrons. The lowest BCUT2D eigenvalue weighted by Crippen LogP contribution is -2.22. The lowest BCUT2D eigenvalue weighted by Gasteiger charge is -2.17. The second kappa shape index (κ2) is 9.18. The van der Waals surface area contributed by atoms with Crippen molar-refractivity contribution in [3.8, 4) is 22.7 Å².